The summed E-state index contributed by atoms with van der Waals surface area (Å²) in [6.07, 6.45) is 7.69. The highest BCUT2D eigenvalue weighted by Gasteiger charge is 2.44. The summed E-state index contributed by atoms with van der Waals surface area (Å²) in [6.45, 7) is 0.877. The molecule has 0 atom stereocenters. The number of benzene rings is 2. The van der Waals surface area contributed by atoms with Crippen LogP contribution in [-0.4, -0.2) is 51.6 Å². The molecule has 7 rings (SSSR count). The number of carbonyl (C=O) groups is 1. The van der Waals surface area contributed by atoms with Crippen LogP contribution in [0.3, 0.4) is 0 Å². The first-order valence-corrected chi connectivity index (χ1v) is 16.7. The smallest absolute Gasteiger partial charge is 0.345 e. The second-order valence-corrected chi connectivity index (χ2v) is 13.1. The van der Waals surface area contributed by atoms with Crippen molar-refractivity contribution in [3.8, 4) is 22.9 Å². The number of fused-ring (bicyclic) bond motifs is 1. The van der Waals surface area contributed by atoms with Crippen LogP contribution in [0.4, 0.5) is 4.39 Å². The minimum atomic E-state index is -0.689. The number of rotatable bonds is 13. The van der Waals surface area contributed by atoms with Crippen LogP contribution >= 0.6 is 0 Å². The summed E-state index contributed by atoms with van der Waals surface area (Å²) in [6, 6.07) is 21.8. The van der Waals surface area contributed by atoms with Gasteiger partial charge in [0.15, 0.2) is 0 Å². The van der Waals surface area contributed by atoms with Crippen LogP contribution in [0.1, 0.15) is 58.6 Å². The van der Waals surface area contributed by atoms with E-state index in [1.54, 1.807) is 48.2 Å². The number of hydrogen-bond donors (Lipinski definition) is 0. The Morgan fingerprint density at radius 2 is 1.78 bits per heavy atom. The third-order valence-corrected chi connectivity index (χ3v) is 9.56. The Morgan fingerprint density at radius 1 is 1.06 bits per heavy atom. The molecule has 0 radical (unpaired) electrons. The van der Waals surface area contributed by atoms with Gasteiger partial charge in [-0.15, -0.1) is 0 Å². The van der Waals surface area contributed by atoms with Crippen molar-refractivity contribution in [1.82, 2.24) is 18.9 Å². The SMILES string of the molecule is COc1ccc(-c2c(C#N)c3n(Cc4ccccc4F)cc(C(=O)OC(C4CC4)C4CC4)c(=O)n3c2CN(C)CCc2ccccn2)cc1. The molecular formula is C39H38FN5O4. The maximum atomic E-state index is 15.1. The van der Waals surface area contributed by atoms with Crippen LogP contribution in [0, 0.1) is 29.0 Å². The molecule has 9 nitrogen and oxygen atoms in total. The zero-order chi connectivity index (χ0) is 34.1. The predicted molar refractivity (Wildman–Crippen MR) is 183 cm³/mol. The number of likely N-dealkylation sites (N-methyl/N-ethyl adjacent to an activating group) is 1. The van der Waals surface area contributed by atoms with Gasteiger partial charge in [-0.1, -0.05) is 36.4 Å². The van der Waals surface area contributed by atoms with Crippen molar-refractivity contribution >= 4 is 11.6 Å². The minimum absolute atomic E-state index is 0.0128. The van der Waals surface area contributed by atoms with Gasteiger partial charge in [0, 0.05) is 48.7 Å². The van der Waals surface area contributed by atoms with Crippen molar-refractivity contribution in [3.63, 3.8) is 0 Å². The molecule has 0 spiro atoms. The van der Waals surface area contributed by atoms with Crippen LogP contribution in [0.25, 0.3) is 16.8 Å². The molecule has 5 aromatic rings. The highest BCUT2D eigenvalue weighted by atomic mass is 19.1. The number of esters is 1. The molecule has 0 N–H and O–H groups in total. The Balaban J connectivity index is 1.41. The van der Waals surface area contributed by atoms with Crippen LogP contribution in [0.2, 0.25) is 0 Å². The lowest BCUT2D eigenvalue weighted by atomic mass is 10.0. The lowest BCUT2D eigenvalue weighted by molar-refractivity contribution is 0.0183. The summed E-state index contributed by atoms with van der Waals surface area (Å²) in [5.41, 5.74) is 2.92. The van der Waals surface area contributed by atoms with Gasteiger partial charge in [0.05, 0.1) is 19.3 Å². The molecule has 3 heterocycles. The lowest BCUT2D eigenvalue weighted by Gasteiger charge is -2.20. The fourth-order valence-corrected chi connectivity index (χ4v) is 6.69. The third-order valence-electron chi connectivity index (χ3n) is 9.56. The zero-order valence-corrected chi connectivity index (χ0v) is 27.6. The predicted octanol–water partition coefficient (Wildman–Crippen LogP) is 6.25. The van der Waals surface area contributed by atoms with Crippen molar-refractivity contribution < 1.29 is 18.7 Å². The van der Waals surface area contributed by atoms with Crippen LogP contribution in [-0.2, 0) is 24.2 Å². The van der Waals surface area contributed by atoms with E-state index in [4.69, 9.17) is 9.47 Å². The number of pyridine rings is 1. The molecule has 0 amide bonds. The molecule has 0 saturated heterocycles. The van der Waals surface area contributed by atoms with Gasteiger partial charge in [-0.05, 0) is 80.5 Å². The molecule has 250 valence electrons. The van der Waals surface area contributed by atoms with Gasteiger partial charge in [-0.3, -0.25) is 14.2 Å². The first-order chi connectivity index (χ1) is 23.9. The van der Waals surface area contributed by atoms with Crippen molar-refractivity contribution in [2.24, 2.45) is 11.8 Å². The quantitative estimate of drug-likeness (QED) is 0.138. The molecular weight excluding hydrogens is 621 g/mol. The largest absolute Gasteiger partial charge is 0.497 e. The van der Waals surface area contributed by atoms with E-state index in [0.717, 1.165) is 31.4 Å². The summed E-state index contributed by atoms with van der Waals surface area (Å²) >= 11 is 0. The standard InChI is InChI=1S/C39H38FN5O4/c1-43(20-18-29-8-5-6-19-42-29)24-34-35(25-14-16-30(48-2)17-15-25)31(21-41)37-44(22-28-7-3-4-9-33(28)40)23-32(38(46)45(34)37)39(47)49-36(26-10-11-26)27-12-13-27/h3-9,14-17,19,23,26-27,36H,10-13,18,20,22,24H2,1-2H3. The fourth-order valence-electron chi connectivity index (χ4n) is 6.69. The van der Waals surface area contributed by atoms with E-state index in [-0.39, 0.29) is 36.0 Å². The molecule has 0 bridgehead atoms. The van der Waals surface area contributed by atoms with Gasteiger partial charge in [-0.25, -0.2) is 9.18 Å². The van der Waals surface area contributed by atoms with Crippen LogP contribution in [0.5, 0.6) is 5.75 Å². The summed E-state index contributed by atoms with van der Waals surface area (Å²) in [5, 5.41) is 10.8. The lowest BCUT2D eigenvalue weighted by Crippen LogP contribution is -2.32. The van der Waals surface area contributed by atoms with Gasteiger partial charge in [0.25, 0.3) is 5.56 Å². The molecule has 0 aliphatic heterocycles. The number of methoxy groups -OCH3 is 1. The number of nitrogens with zero attached hydrogens (tertiary/aromatic N) is 5. The molecule has 2 aliphatic rings. The second kappa shape index (κ2) is 13.7. The van der Waals surface area contributed by atoms with E-state index >= 15 is 4.39 Å². The number of ether oxygens (including phenoxy) is 2. The van der Waals surface area contributed by atoms with E-state index in [2.05, 4.69) is 16.0 Å². The van der Waals surface area contributed by atoms with Gasteiger partial charge >= 0.3 is 5.97 Å². The molecule has 49 heavy (non-hydrogen) atoms. The topological polar surface area (TPSA) is 102 Å². The number of hydrogen-bond acceptors (Lipinski definition) is 7. The van der Waals surface area contributed by atoms with Crippen LogP contribution in [0.15, 0.2) is 83.9 Å². The van der Waals surface area contributed by atoms with Gasteiger partial charge in [-0.2, -0.15) is 5.26 Å². The van der Waals surface area contributed by atoms with Crippen molar-refractivity contribution in [3.05, 3.63) is 123 Å². The van der Waals surface area contributed by atoms with E-state index < -0.39 is 17.3 Å². The van der Waals surface area contributed by atoms with E-state index in [0.29, 0.717) is 52.9 Å². The van der Waals surface area contributed by atoms with E-state index in [1.165, 1.54) is 16.7 Å². The molecule has 2 aromatic carbocycles. The monoisotopic (exact) mass is 659 g/mol. The zero-order valence-electron chi connectivity index (χ0n) is 27.6. The molecule has 0 unspecified atom stereocenters. The average Bonchev–Trinajstić information content (AvgIpc) is 4.06. The van der Waals surface area contributed by atoms with Crippen LogP contribution < -0.4 is 10.3 Å². The number of nitriles is 1. The number of aromatic nitrogens is 3. The van der Waals surface area contributed by atoms with Gasteiger partial charge in [0.1, 0.15) is 40.5 Å². The average molecular weight is 660 g/mol. The maximum absolute atomic E-state index is 15.1. The molecule has 10 heteroatoms. The molecule has 2 aliphatic carbocycles. The van der Waals surface area contributed by atoms with E-state index in [9.17, 15) is 14.9 Å². The number of carbonyl (C=O) groups excluding carboxylic acids is 1. The first-order valence-electron chi connectivity index (χ1n) is 16.7. The molecule has 2 saturated carbocycles. The second-order valence-electron chi connectivity index (χ2n) is 13.1. The Kier molecular flexibility index (Phi) is 9.02. The summed E-state index contributed by atoms with van der Waals surface area (Å²) in [7, 11) is 3.52. The summed E-state index contributed by atoms with van der Waals surface area (Å²) < 4.78 is 29.7. The van der Waals surface area contributed by atoms with Gasteiger partial charge in [0.2, 0.25) is 0 Å². The first kappa shape index (κ1) is 32.3. The van der Waals surface area contributed by atoms with Crippen molar-refractivity contribution in [2.45, 2.75) is 51.3 Å². The Hall–Kier alpha value is -5.27. The Labute approximate surface area is 284 Å². The van der Waals surface area contributed by atoms with Crippen molar-refractivity contribution in [1.29, 1.82) is 5.26 Å². The minimum Gasteiger partial charge on any atom is -0.497 e. The number of halogens is 1. The molecule has 3 aromatic heterocycles. The van der Waals surface area contributed by atoms with Crippen molar-refractivity contribution in [2.75, 3.05) is 20.7 Å². The normalized spacial score (nSPS) is 14.4. The third kappa shape index (κ3) is 6.72. The highest BCUT2D eigenvalue weighted by Crippen LogP contribution is 2.46. The Morgan fingerprint density at radius 3 is 2.41 bits per heavy atom. The van der Waals surface area contributed by atoms with Gasteiger partial charge < -0.3 is 18.9 Å². The fraction of sp³-hybridized carbons (Fsp3) is 0.333. The Bertz CT molecular complexity index is 2080. The summed E-state index contributed by atoms with van der Waals surface area (Å²) in [4.78, 5) is 35.0. The highest BCUT2D eigenvalue weighted by molar-refractivity contribution is 5.90. The maximum Gasteiger partial charge on any atom is 0.345 e. The van der Waals surface area contributed by atoms with E-state index in [1.807, 2.05) is 37.4 Å². The molecule has 2 fully saturated rings. The summed E-state index contributed by atoms with van der Waals surface area (Å²) in [5.74, 6) is 0.168.